The zero-order chi connectivity index (χ0) is 25.9. The van der Waals surface area contributed by atoms with E-state index in [2.05, 4.69) is 10.8 Å². The molecular formula is C25H30FN3O6S. The van der Waals surface area contributed by atoms with Gasteiger partial charge in [0.1, 0.15) is 11.4 Å². The summed E-state index contributed by atoms with van der Waals surface area (Å²) in [5.74, 6) is -0.509. The molecule has 0 bridgehead atoms. The summed E-state index contributed by atoms with van der Waals surface area (Å²) < 4.78 is 25.5. The second kappa shape index (κ2) is 11.0. The number of hydrogen-bond acceptors (Lipinski definition) is 7. The van der Waals surface area contributed by atoms with Crippen LogP contribution in [0.15, 0.2) is 40.2 Å². The molecule has 4 rings (SSSR count). The molecule has 2 aliphatic heterocycles. The number of hydrogen-bond donors (Lipinski definition) is 2. The standard InChI is InChI=1S/C25H30FN3O6S/c1-25(2,3)34-24(32)27-19-14-36-21-18(22(30)28-35-17-8-10-33-11-9-17)13-29(23(31)20(19)21)12-15-4-6-16(26)7-5-15/h4-7,13,17,19H,8-12,14H2,1-3H3,(H,27,32)(H,28,30)/t19-/m0/s1. The Bertz CT molecular complexity index is 1170. The number of carbonyl (C=O) groups excluding carboxylic acids is 2. The number of amides is 2. The highest BCUT2D eigenvalue weighted by molar-refractivity contribution is 7.99. The molecule has 1 atom stereocenters. The fourth-order valence-corrected chi connectivity index (χ4v) is 5.27. The monoisotopic (exact) mass is 519 g/mol. The van der Waals surface area contributed by atoms with Crippen molar-refractivity contribution in [1.82, 2.24) is 15.4 Å². The molecule has 2 aromatic rings. The first-order valence-corrected chi connectivity index (χ1v) is 12.8. The number of fused-ring (bicyclic) bond motifs is 1. The maximum Gasteiger partial charge on any atom is 0.408 e. The maximum absolute atomic E-state index is 13.5. The number of alkyl carbamates (subject to hydrolysis) is 1. The van der Waals surface area contributed by atoms with Crippen LogP contribution in [-0.2, 0) is 20.9 Å². The molecule has 0 unspecified atom stereocenters. The minimum Gasteiger partial charge on any atom is -0.444 e. The van der Waals surface area contributed by atoms with E-state index in [-0.39, 0.29) is 29.6 Å². The Labute approximate surface area is 212 Å². The number of benzene rings is 1. The number of aromatic nitrogens is 1. The van der Waals surface area contributed by atoms with Crippen LogP contribution in [0.5, 0.6) is 0 Å². The lowest BCUT2D eigenvalue weighted by Gasteiger charge is -2.23. The molecule has 1 aromatic carbocycles. The molecule has 0 saturated carbocycles. The highest BCUT2D eigenvalue weighted by Gasteiger charge is 2.34. The van der Waals surface area contributed by atoms with E-state index in [1.54, 1.807) is 32.9 Å². The Morgan fingerprint density at radius 3 is 2.56 bits per heavy atom. The molecule has 0 spiro atoms. The highest BCUT2D eigenvalue weighted by atomic mass is 32.2. The fraction of sp³-hybridized carbons (Fsp3) is 0.480. The lowest BCUT2D eigenvalue weighted by molar-refractivity contribution is -0.0674. The number of nitrogens with one attached hydrogen (secondary N) is 2. The minimum absolute atomic E-state index is 0.122. The number of nitrogens with zero attached hydrogens (tertiary/aromatic N) is 1. The topological polar surface area (TPSA) is 108 Å². The number of carbonyl (C=O) groups is 2. The second-order valence-corrected chi connectivity index (χ2v) is 10.7. The summed E-state index contributed by atoms with van der Waals surface area (Å²) in [6.45, 7) is 6.50. The van der Waals surface area contributed by atoms with Gasteiger partial charge in [-0.3, -0.25) is 14.4 Å². The van der Waals surface area contributed by atoms with E-state index in [1.165, 1.54) is 34.7 Å². The van der Waals surface area contributed by atoms with Crippen molar-refractivity contribution in [2.45, 2.75) is 62.8 Å². The molecule has 1 aromatic heterocycles. The zero-order valence-corrected chi connectivity index (χ0v) is 21.3. The summed E-state index contributed by atoms with van der Waals surface area (Å²) in [6.07, 6.45) is 2.01. The lowest BCUT2D eigenvalue weighted by atomic mass is 10.1. The van der Waals surface area contributed by atoms with Gasteiger partial charge in [-0.1, -0.05) is 12.1 Å². The Hall–Kier alpha value is -2.89. The highest BCUT2D eigenvalue weighted by Crippen LogP contribution is 2.38. The molecule has 2 aliphatic rings. The van der Waals surface area contributed by atoms with Crippen molar-refractivity contribution >= 4 is 23.8 Å². The van der Waals surface area contributed by atoms with Crippen LogP contribution in [0.4, 0.5) is 9.18 Å². The van der Waals surface area contributed by atoms with E-state index in [4.69, 9.17) is 14.3 Å². The van der Waals surface area contributed by atoms with Crippen LogP contribution < -0.4 is 16.4 Å². The molecule has 0 radical (unpaired) electrons. The molecule has 2 N–H and O–H groups in total. The Kier molecular flexibility index (Phi) is 8.01. The molecule has 194 valence electrons. The van der Waals surface area contributed by atoms with E-state index >= 15 is 0 Å². The van der Waals surface area contributed by atoms with E-state index in [0.717, 1.165) is 0 Å². The van der Waals surface area contributed by atoms with E-state index in [0.29, 0.717) is 47.8 Å². The van der Waals surface area contributed by atoms with Crippen LogP contribution in [0.25, 0.3) is 0 Å². The van der Waals surface area contributed by atoms with Gasteiger partial charge in [0, 0.05) is 30.1 Å². The third-order valence-electron chi connectivity index (χ3n) is 5.70. The molecule has 1 saturated heterocycles. The van der Waals surface area contributed by atoms with Gasteiger partial charge >= 0.3 is 6.09 Å². The van der Waals surface area contributed by atoms with Crippen LogP contribution in [0.1, 0.15) is 61.1 Å². The average molecular weight is 520 g/mol. The molecule has 1 fully saturated rings. The zero-order valence-electron chi connectivity index (χ0n) is 20.5. The number of halogens is 1. The Morgan fingerprint density at radius 1 is 1.19 bits per heavy atom. The van der Waals surface area contributed by atoms with Crippen molar-refractivity contribution in [3.63, 3.8) is 0 Å². The number of ether oxygens (including phenoxy) is 2. The summed E-state index contributed by atoms with van der Waals surface area (Å²) in [6, 6.07) is 5.14. The molecular weight excluding hydrogens is 489 g/mol. The third-order valence-corrected chi connectivity index (χ3v) is 6.93. The average Bonchev–Trinajstić information content (AvgIpc) is 3.24. The van der Waals surface area contributed by atoms with Gasteiger partial charge in [-0.25, -0.2) is 14.7 Å². The first-order chi connectivity index (χ1) is 17.1. The summed E-state index contributed by atoms with van der Waals surface area (Å²) in [5, 5.41) is 2.76. The lowest BCUT2D eigenvalue weighted by Crippen LogP contribution is -2.38. The fourth-order valence-electron chi connectivity index (χ4n) is 4.00. The number of pyridine rings is 1. The van der Waals surface area contributed by atoms with Gasteiger partial charge in [-0.2, -0.15) is 0 Å². The molecule has 11 heteroatoms. The first kappa shape index (κ1) is 26.2. The van der Waals surface area contributed by atoms with Gasteiger partial charge in [0.15, 0.2) is 0 Å². The number of rotatable bonds is 6. The van der Waals surface area contributed by atoms with E-state index in [1.807, 2.05) is 0 Å². The van der Waals surface area contributed by atoms with Crippen molar-refractivity contribution in [3.8, 4) is 0 Å². The molecule has 9 nitrogen and oxygen atoms in total. The summed E-state index contributed by atoms with van der Waals surface area (Å²) in [4.78, 5) is 45.2. The van der Waals surface area contributed by atoms with Gasteiger partial charge in [0.05, 0.1) is 29.8 Å². The van der Waals surface area contributed by atoms with E-state index < -0.39 is 23.6 Å². The minimum atomic E-state index is -0.704. The Balaban J connectivity index is 1.64. The molecule has 36 heavy (non-hydrogen) atoms. The van der Waals surface area contributed by atoms with Gasteiger partial charge in [0.2, 0.25) is 0 Å². The quantitative estimate of drug-likeness (QED) is 0.562. The summed E-state index contributed by atoms with van der Waals surface area (Å²) in [5.41, 5.74) is 2.73. The van der Waals surface area contributed by atoms with Gasteiger partial charge in [0.25, 0.3) is 11.5 Å². The van der Waals surface area contributed by atoms with Crippen molar-refractivity contribution < 1.29 is 28.3 Å². The maximum atomic E-state index is 13.5. The number of thioether (sulfide) groups is 1. The van der Waals surface area contributed by atoms with Crippen LogP contribution >= 0.6 is 11.8 Å². The van der Waals surface area contributed by atoms with Crippen LogP contribution in [-0.4, -0.2) is 47.2 Å². The van der Waals surface area contributed by atoms with Gasteiger partial charge in [-0.05, 0) is 51.3 Å². The van der Waals surface area contributed by atoms with Crippen LogP contribution in [0.2, 0.25) is 0 Å². The van der Waals surface area contributed by atoms with Crippen molar-refractivity contribution in [1.29, 1.82) is 0 Å². The van der Waals surface area contributed by atoms with Crippen molar-refractivity contribution in [2.75, 3.05) is 19.0 Å². The van der Waals surface area contributed by atoms with Crippen molar-refractivity contribution in [2.24, 2.45) is 0 Å². The number of hydroxylamine groups is 1. The van der Waals surface area contributed by atoms with Gasteiger partial charge in [-0.15, -0.1) is 11.8 Å². The predicted molar refractivity (Wildman–Crippen MR) is 131 cm³/mol. The molecule has 2 amide bonds. The normalized spacial score (nSPS) is 17.9. The van der Waals surface area contributed by atoms with E-state index in [9.17, 15) is 18.8 Å². The van der Waals surface area contributed by atoms with Crippen LogP contribution in [0, 0.1) is 5.82 Å². The van der Waals surface area contributed by atoms with Crippen LogP contribution in [0.3, 0.4) is 0 Å². The largest absolute Gasteiger partial charge is 0.444 e. The summed E-state index contributed by atoms with van der Waals surface area (Å²) in [7, 11) is 0. The molecule has 3 heterocycles. The molecule has 0 aliphatic carbocycles. The Morgan fingerprint density at radius 2 is 1.89 bits per heavy atom. The van der Waals surface area contributed by atoms with Gasteiger partial charge < -0.3 is 19.4 Å². The predicted octanol–water partition coefficient (Wildman–Crippen LogP) is 3.55. The second-order valence-electron chi connectivity index (χ2n) is 9.72. The third kappa shape index (κ3) is 6.45. The first-order valence-electron chi connectivity index (χ1n) is 11.8. The van der Waals surface area contributed by atoms with Crippen molar-refractivity contribution in [3.05, 3.63) is 63.3 Å². The summed E-state index contributed by atoms with van der Waals surface area (Å²) >= 11 is 1.31. The SMILES string of the molecule is CC(C)(C)OC(=O)N[C@H]1CSc2c(C(=O)NOC3CCOCC3)cn(Cc3ccc(F)cc3)c(=O)c21. The smallest absolute Gasteiger partial charge is 0.408 e.